The molecule has 1 aromatic heterocycles. The van der Waals surface area contributed by atoms with E-state index < -0.39 is 0 Å². The molecule has 0 aromatic carbocycles. The molecule has 1 aromatic rings. The standard InChI is InChI=1S/C12H17IN2OS.ClH/c1-15(10-3-2-5-14-6-4-10)12(16)9-7-11(13)17-8-9;/h7-8,10,14H,2-6H2,1H3;1H. The number of nitrogens with one attached hydrogen (secondary N) is 1. The van der Waals surface area contributed by atoms with Crippen LogP contribution in [0.25, 0.3) is 0 Å². The summed E-state index contributed by atoms with van der Waals surface area (Å²) in [4.78, 5) is 14.2. The van der Waals surface area contributed by atoms with Crippen molar-refractivity contribution in [3.63, 3.8) is 0 Å². The number of carbonyl (C=O) groups is 1. The molecule has 0 aliphatic carbocycles. The van der Waals surface area contributed by atoms with Crippen LogP contribution in [0, 0.1) is 2.88 Å². The van der Waals surface area contributed by atoms with E-state index in [4.69, 9.17) is 0 Å². The SMILES string of the molecule is CN(C(=O)c1csc(I)c1)C1CCCNCC1.Cl. The molecule has 3 nitrogen and oxygen atoms in total. The molecule has 1 N–H and O–H groups in total. The van der Waals surface area contributed by atoms with Crippen LogP contribution in [-0.4, -0.2) is 37.0 Å². The van der Waals surface area contributed by atoms with Gasteiger partial charge in [-0.2, -0.15) is 0 Å². The van der Waals surface area contributed by atoms with E-state index in [9.17, 15) is 4.79 Å². The summed E-state index contributed by atoms with van der Waals surface area (Å²) in [6.07, 6.45) is 3.32. The van der Waals surface area contributed by atoms with Crippen LogP contribution in [0.2, 0.25) is 0 Å². The molecule has 0 bridgehead atoms. The van der Waals surface area contributed by atoms with Gasteiger partial charge in [0, 0.05) is 18.5 Å². The molecular weight excluding hydrogens is 383 g/mol. The highest BCUT2D eigenvalue weighted by molar-refractivity contribution is 14.1. The number of amides is 1. The fourth-order valence-corrected chi connectivity index (χ4v) is 3.50. The van der Waals surface area contributed by atoms with Crippen LogP contribution >= 0.6 is 46.3 Å². The third-order valence-electron chi connectivity index (χ3n) is 3.23. The smallest absolute Gasteiger partial charge is 0.254 e. The van der Waals surface area contributed by atoms with E-state index in [0.717, 1.165) is 37.9 Å². The number of rotatable bonds is 2. The lowest BCUT2D eigenvalue weighted by atomic mass is 10.1. The highest BCUT2D eigenvalue weighted by atomic mass is 127. The molecule has 1 fully saturated rings. The number of halogens is 2. The van der Waals surface area contributed by atoms with Crippen LogP contribution in [0.15, 0.2) is 11.4 Å². The minimum Gasteiger partial charge on any atom is -0.339 e. The zero-order chi connectivity index (χ0) is 12.3. The molecule has 2 heterocycles. The molecule has 0 saturated carbocycles. The summed E-state index contributed by atoms with van der Waals surface area (Å²) >= 11 is 3.88. The summed E-state index contributed by atoms with van der Waals surface area (Å²) < 4.78 is 1.17. The van der Waals surface area contributed by atoms with Crippen molar-refractivity contribution >= 4 is 52.2 Å². The van der Waals surface area contributed by atoms with Crippen molar-refractivity contribution in [3.8, 4) is 0 Å². The number of thiophene rings is 1. The zero-order valence-electron chi connectivity index (χ0n) is 10.3. The molecule has 18 heavy (non-hydrogen) atoms. The monoisotopic (exact) mass is 400 g/mol. The van der Waals surface area contributed by atoms with Gasteiger partial charge < -0.3 is 10.2 Å². The van der Waals surface area contributed by atoms with Crippen LogP contribution < -0.4 is 5.32 Å². The molecule has 102 valence electrons. The Hall–Kier alpha value is 0.150. The Balaban J connectivity index is 0.00000162. The van der Waals surface area contributed by atoms with Gasteiger partial charge in [0.05, 0.1) is 8.45 Å². The van der Waals surface area contributed by atoms with Gasteiger partial charge in [-0.05, 0) is 61.0 Å². The number of hydrogen-bond acceptors (Lipinski definition) is 3. The summed E-state index contributed by atoms with van der Waals surface area (Å²) in [5, 5.41) is 5.33. The first-order valence-electron chi connectivity index (χ1n) is 5.90. The van der Waals surface area contributed by atoms with Gasteiger partial charge in [-0.3, -0.25) is 4.79 Å². The predicted molar refractivity (Wildman–Crippen MR) is 86.9 cm³/mol. The third kappa shape index (κ3) is 4.08. The lowest BCUT2D eigenvalue weighted by molar-refractivity contribution is 0.0721. The first-order chi connectivity index (χ1) is 8.18. The average Bonchev–Trinajstić information content (AvgIpc) is 2.60. The van der Waals surface area contributed by atoms with E-state index >= 15 is 0 Å². The first kappa shape index (κ1) is 16.2. The highest BCUT2D eigenvalue weighted by Gasteiger charge is 2.22. The summed E-state index contributed by atoms with van der Waals surface area (Å²) in [6, 6.07) is 2.36. The predicted octanol–water partition coefficient (Wildman–Crippen LogP) is 2.99. The van der Waals surface area contributed by atoms with Crippen molar-refractivity contribution < 1.29 is 4.79 Å². The lowest BCUT2D eigenvalue weighted by Crippen LogP contribution is -2.37. The summed E-state index contributed by atoms with van der Waals surface area (Å²) in [6.45, 7) is 2.10. The quantitative estimate of drug-likeness (QED) is 0.774. The number of nitrogens with zero attached hydrogens (tertiary/aromatic N) is 1. The van der Waals surface area contributed by atoms with Gasteiger partial charge >= 0.3 is 0 Å². The van der Waals surface area contributed by atoms with Crippen LogP contribution in [0.1, 0.15) is 29.6 Å². The van der Waals surface area contributed by atoms with Crippen molar-refractivity contribution in [2.24, 2.45) is 0 Å². The molecule has 1 amide bonds. The molecule has 1 aliphatic heterocycles. The van der Waals surface area contributed by atoms with Crippen LogP contribution in [-0.2, 0) is 0 Å². The normalized spacial score (nSPS) is 19.8. The average molecular weight is 401 g/mol. The maximum atomic E-state index is 12.3. The fourth-order valence-electron chi connectivity index (χ4n) is 2.18. The van der Waals surface area contributed by atoms with E-state index in [0.29, 0.717) is 6.04 Å². The Morgan fingerprint density at radius 2 is 2.28 bits per heavy atom. The van der Waals surface area contributed by atoms with E-state index in [2.05, 4.69) is 27.9 Å². The Labute approximate surface area is 132 Å². The van der Waals surface area contributed by atoms with E-state index in [1.54, 1.807) is 11.3 Å². The number of carbonyl (C=O) groups excluding carboxylic acids is 1. The van der Waals surface area contributed by atoms with Crippen LogP contribution in [0.5, 0.6) is 0 Å². The van der Waals surface area contributed by atoms with Crippen molar-refractivity contribution in [1.29, 1.82) is 0 Å². The molecule has 1 aliphatic rings. The summed E-state index contributed by atoms with van der Waals surface area (Å²) in [7, 11) is 1.93. The van der Waals surface area contributed by atoms with Gasteiger partial charge in [-0.25, -0.2) is 0 Å². The molecule has 0 radical (unpaired) electrons. The molecule has 1 saturated heterocycles. The Morgan fingerprint density at radius 1 is 1.50 bits per heavy atom. The Morgan fingerprint density at radius 3 is 2.94 bits per heavy atom. The van der Waals surface area contributed by atoms with Gasteiger partial charge in [0.25, 0.3) is 5.91 Å². The van der Waals surface area contributed by atoms with E-state index in [1.807, 2.05) is 23.4 Å². The Kier molecular flexibility index (Phi) is 6.90. The van der Waals surface area contributed by atoms with E-state index in [-0.39, 0.29) is 18.3 Å². The van der Waals surface area contributed by atoms with Crippen LogP contribution in [0.3, 0.4) is 0 Å². The summed E-state index contributed by atoms with van der Waals surface area (Å²) in [5.41, 5.74) is 0.833. The molecule has 1 atom stereocenters. The maximum absolute atomic E-state index is 12.3. The van der Waals surface area contributed by atoms with Crippen molar-refractivity contribution in [2.45, 2.75) is 25.3 Å². The first-order valence-corrected chi connectivity index (χ1v) is 7.86. The van der Waals surface area contributed by atoms with Crippen molar-refractivity contribution in [2.75, 3.05) is 20.1 Å². The second-order valence-corrected chi connectivity index (χ2v) is 7.20. The topological polar surface area (TPSA) is 32.3 Å². The zero-order valence-corrected chi connectivity index (χ0v) is 14.1. The highest BCUT2D eigenvalue weighted by Crippen LogP contribution is 2.20. The molecule has 6 heteroatoms. The molecule has 1 unspecified atom stereocenters. The third-order valence-corrected chi connectivity index (χ3v) is 5.02. The minimum atomic E-state index is 0. The largest absolute Gasteiger partial charge is 0.339 e. The van der Waals surface area contributed by atoms with E-state index in [1.165, 1.54) is 2.88 Å². The van der Waals surface area contributed by atoms with Gasteiger partial charge in [0.15, 0.2) is 0 Å². The second kappa shape index (κ2) is 7.67. The maximum Gasteiger partial charge on any atom is 0.254 e. The van der Waals surface area contributed by atoms with Gasteiger partial charge in [-0.15, -0.1) is 23.7 Å². The lowest BCUT2D eigenvalue weighted by Gasteiger charge is -2.26. The molecule has 0 spiro atoms. The van der Waals surface area contributed by atoms with Crippen LogP contribution in [0.4, 0.5) is 0 Å². The minimum absolute atomic E-state index is 0. The van der Waals surface area contributed by atoms with Gasteiger partial charge in [0.1, 0.15) is 0 Å². The molecule has 2 rings (SSSR count). The fraction of sp³-hybridized carbons (Fsp3) is 0.583. The number of hydrogen-bond donors (Lipinski definition) is 1. The van der Waals surface area contributed by atoms with Gasteiger partial charge in [0.2, 0.25) is 0 Å². The van der Waals surface area contributed by atoms with Crippen molar-refractivity contribution in [1.82, 2.24) is 10.2 Å². The second-order valence-electron chi connectivity index (χ2n) is 4.39. The molecular formula is C12H18ClIN2OS. The van der Waals surface area contributed by atoms with Gasteiger partial charge in [-0.1, -0.05) is 0 Å². The summed E-state index contributed by atoms with van der Waals surface area (Å²) in [5.74, 6) is 0.163. The Bertz CT molecular complexity index is 391. The van der Waals surface area contributed by atoms with Crippen molar-refractivity contribution in [3.05, 3.63) is 19.9 Å².